The van der Waals surface area contributed by atoms with Crippen molar-refractivity contribution >= 4 is 46.0 Å². The third-order valence-corrected chi connectivity index (χ3v) is 3.86. The molecule has 0 atom stereocenters. The summed E-state index contributed by atoms with van der Waals surface area (Å²) in [6.45, 7) is 0.694. The second kappa shape index (κ2) is 5.40. The molecule has 5 nitrogen and oxygen atoms in total. The largest absolute Gasteiger partial charge is 0.323 e. The fourth-order valence-corrected chi connectivity index (χ4v) is 2.57. The van der Waals surface area contributed by atoms with Gasteiger partial charge < -0.3 is 10.6 Å². The van der Waals surface area contributed by atoms with Crippen molar-refractivity contribution < 1.29 is 4.79 Å². The van der Waals surface area contributed by atoms with Crippen LogP contribution in [0, 0.1) is 0 Å². The standard InChI is InChI=1S/C12H13ClN4OS/c13-8-3-4-9-12(17-19-16-9)11(8)15-10(18)5-6-14-7-1-2-7/h3-4,7,14H,1-2,5-6H2,(H,15,18). The van der Waals surface area contributed by atoms with E-state index in [0.29, 0.717) is 35.2 Å². The average Bonchev–Trinajstić information content (AvgIpc) is 3.08. The van der Waals surface area contributed by atoms with Gasteiger partial charge in [0.05, 0.1) is 22.4 Å². The maximum Gasteiger partial charge on any atom is 0.225 e. The van der Waals surface area contributed by atoms with E-state index in [-0.39, 0.29) is 5.91 Å². The minimum Gasteiger partial charge on any atom is -0.323 e. The molecule has 0 bridgehead atoms. The number of hydrogen-bond acceptors (Lipinski definition) is 5. The first-order valence-electron chi connectivity index (χ1n) is 6.18. The number of aromatic nitrogens is 2. The van der Waals surface area contributed by atoms with E-state index in [1.807, 2.05) is 0 Å². The van der Waals surface area contributed by atoms with Gasteiger partial charge in [0.15, 0.2) is 0 Å². The summed E-state index contributed by atoms with van der Waals surface area (Å²) in [6, 6.07) is 4.14. The highest BCUT2D eigenvalue weighted by atomic mass is 35.5. The minimum atomic E-state index is -0.0597. The first-order valence-corrected chi connectivity index (χ1v) is 7.29. The van der Waals surface area contributed by atoms with E-state index in [0.717, 1.165) is 17.2 Å². The first kappa shape index (κ1) is 12.8. The number of carbonyl (C=O) groups is 1. The van der Waals surface area contributed by atoms with Crippen molar-refractivity contribution in [3.8, 4) is 0 Å². The molecule has 3 rings (SSSR count). The van der Waals surface area contributed by atoms with E-state index >= 15 is 0 Å². The summed E-state index contributed by atoms with van der Waals surface area (Å²) >= 11 is 7.22. The van der Waals surface area contributed by atoms with Gasteiger partial charge >= 0.3 is 0 Å². The van der Waals surface area contributed by atoms with Crippen LogP contribution in [0.2, 0.25) is 5.02 Å². The zero-order valence-electron chi connectivity index (χ0n) is 10.1. The quantitative estimate of drug-likeness (QED) is 0.889. The topological polar surface area (TPSA) is 66.9 Å². The van der Waals surface area contributed by atoms with Gasteiger partial charge in [0.2, 0.25) is 5.91 Å². The SMILES string of the molecule is O=C(CCNC1CC1)Nc1c(Cl)ccc2nsnc12. The van der Waals surface area contributed by atoms with Crippen molar-refractivity contribution in [2.75, 3.05) is 11.9 Å². The van der Waals surface area contributed by atoms with Crippen molar-refractivity contribution in [2.45, 2.75) is 25.3 Å². The molecule has 0 aliphatic heterocycles. The lowest BCUT2D eigenvalue weighted by molar-refractivity contribution is -0.116. The molecule has 0 saturated heterocycles. The second-order valence-corrected chi connectivity index (χ2v) is 5.52. The summed E-state index contributed by atoms with van der Waals surface area (Å²) in [5, 5.41) is 6.62. The van der Waals surface area contributed by atoms with E-state index in [9.17, 15) is 4.79 Å². The van der Waals surface area contributed by atoms with Crippen molar-refractivity contribution in [1.29, 1.82) is 0 Å². The highest BCUT2D eigenvalue weighted by molar-refractivity contribution is 7.00. The number of rotatable bonds is 5. The van der Waals surface area contributed by atoms with Gasteiger partial charge in [-0.15, -0.1) is 0 Å². The Balaban J connectivity index is 1.67. The predicted octanol–water partition coefficient (Wildman–Crippen LogP) is 2.43. The number of benzene rings is 1. The van der Waals surface area contributed by atoms with Crippen molar-refractivity contribution in [3.05, 3.63) is 17.2 Å². The molecule has 1 aliphatic carbocycles. The van der Waals surface area contributed by atoms with E-state index in [4.69, 9.17) is 11.6 Å². The number of fused-ring (bicyclic) bond motifs is 1. The summed E-state index contributed by atoms with van der Waals surface area (Å²) < 4.78 is 8.30. The average molecular weight is 297 g/mol. The van der Waals surface area contributed by atoms with E-state index in [2.05, 4.69) is 19.4 Å². The van der Waals surface area contributed by atoms with Gasteiger partial charge in [-0.05, 0) is 25.0 Å². The lowest BCUT2D eigenvalue weighted by atomic mass is 10.2. The van der Waals surface area contributed by atoms with Crippen LogP contribution in [0.3, 0.4) is 0 Å². The molecule has 0 spiro atoms. The monoisotopic (exact) mass is 296 g/mol. The van der Waals surface area contributed by atoms with Crippen LogP contribution < -0.4 is 10.6 Å². The normalized spacial score (nSPS) is 14.8. The van der Waals surface area contributed by atoms with E-state index in [1.54, 1.807) is 12.1 Å². The molecular formula is C12H13ClN4OS. The van der Waals surface area contributed by atoms with Crippen molar-refractivity contribution in [1.82, 2.24) is 14.1 Å². The van der Waals surface area contributed by atoms with Gasteiger partial charge in [0.25, 0.3) is 0 Å². The van der Waals surface area contributed by atoms with Gasteiger partial charge in [-0.1, -0.05) is 11.6 Å². The highest BCUT2D eigenvalue weighted by Gasteiger charge is 2.20. The minimum absolute atomic E-state index is 0.0597. The molecule has 0 unspecified atom stereocenters. The molecule has 1 aliphatic rings. The molecule has 1 saturated carbocycles. The lowest BCUT2D eigenvalue weighted by Gasteiger charge is -2.08. The number of anilines is 1. The predicted molar refractivity (Wildman–Crippen MR) is 76.7 cm³/mol. The van der Waals surface area contributed by atoms with Gasteiger partial charge in [-0.25, -0.2) is 0 Å². The van der Waals surface area contributed by atoms with Gasteiger partial charge in [0, 0.05) is 19.0 Å². The van der Waals surface area contributed by atoms with E-state index in [1.165, 1.54) is 12.8 Å². The fraction of sp³-hybridized carbons (Fsp3) is 0.417. The Morgan fingerprint density at radius 1 is 1.42 bits per heavy atom. The van der Waals surface area contributed by atoms with Crippen LogP contribution >= 0.6 is 23.3 Å². The number of carbonyl (C=O) groups excluding carboxylic acids is 1. The molecule has 19 heavy (non-hydrogen) atoms. The number of halogens is 1. The maximum atomic E-state index is 11.9. The summed E-state index contributed by atoms with van der Waals surface area (Å²) in [5.74, 6) is -0.0597. The lowest BCUT2D eigenvalue weighted by Crippen LogP contribution is -2.23. The second-order valence-electron chi connectivity index (χ2n) is 4.58. The third-order valence-electron chi connectivity index (χ3n) is 3.00. The Bertz CT molecular complexity index is 611. The number of nitrogens with one attached hydrogen (secondary N) is 2. The molecule has 1 fully saturated rings. The third kappa shape index (κ3) is 3.02. The van der Waals surface area contributed by atoms with Gasteiger partial charge in [-0.2, -0.15) is 8.75 Å². The van der Waals surface area contributed by atoms with Crippen LogP contribution in [0.15, 0.2) is 12.1 Å². The van der Waals surface area contributed by atoms with E-state index < -0.39 is 0 Å². The Hall–Kier alpha value is -1.24. The molecule has 7 heteroatoms. The van der Waals surface area contributed by atoms with Crippen molar-refractivity contribution in [3.63, 3.8) is 0 Å². The molecule has 1 heterocycles. The summed E-state index contributed by atoms with van der Waals surface area (Å²) in [6.07, 6.45) is 2.87. The van der Waals surface area contributed by atoms with Gasteiger partial charge in [0.1, 0.15) is 11.0 Å². The van der Waals surface area contributed by atoms with Crippen LogP contribution in [0.5, 0.6) is 0 Å². The summed E-state index contributed by atoms with van der Waals surface area (Å²) in [7, 11) is 0. The summed E-state index contributed by atoms with van der Waals surface area (Å²) in [5.41, 5.74) is 1.96. The molecule has 0 radical (unpaired) electrons. The Morgan fingerprint density at radius 3 is 3.05 bits per heavy atom. The molecule has 2 aromatic rings. The smallest absolute Gasteiger partial charge is 0.225 e. The Morgan fingerprint density at radius 2 is 2.26 bits per heavy atom. The number of amides is 1. The molecule has 2 N–H and O–H groups in total. The van der Waals surface area contributed by atoms with Gasteiger partial charge in [-0.3, -0.25) is 4.79 Å². The molecule has 1 aromatic heterocycles. The Kier molecular flexibility index (Phi) is 3.63. The van der Waals surface area contributed by atoms with Crippen LogP contribution in [0.4, 0.5) is 5.69 Å². The van der Waals surface area contributed by atoms with Crippen LogP contribution in [-0.4, -0.2) is 27.2 Å². The molecule has 1 aromatic carbocycles. The zero-order chi connectivity index (χ0) is 13.2. The molecular weight excluding hydrogens is 284 g/mol. The molecule has 100 valence electrons. The zero-order valence-corrected chi connectivity index (χ0v) is 11.7. The van der Waals surface area contributed by atoms with Crippen LogP contribution in [-0.2, 0) is 4.79 Å². The number of hydrogen-bond donors (Lipinski definition) is 2. The van der Waals surface area contributed by atoms with Crippen LogP contribution in [0.25, 0.3) is 11.0 Å². The first-order chi connectivity index (χ1) is 9.24. The fourth-order valence-electron chi connectivity index (χ4n) is 1.82. The van der Waals surface area contributed by atoms with Crippen LogP contribution in [0.1, 0.15) is 19.3 Å². The highest BCUT2D eigenvalue weighted by Crippen LogP contribution is 2.29. The van der Waals surface area contributed by atoms with Crippen molar-refractivity contribution in [2.24, 2.45) is 0 Å². The summed E-state index contributed by atoms with van der Waals surface area (Å²) in [4.78, 5) is 11.9. The number of nitrogens with zero attached hydrogens (tertiary/aromatic N) is 2. The molecule has 1 amide bonds. The maximum absolute atomic E-state index is 11.9. The Labute approximate surface area is 119 Å².